The summed E-state index contributed by atoms with van der Waals surface area (Å²) >= 11 is 0. The summed E-state index contributed by atoms with van der Waals surface area (Å²) in [5.74, 6) is 1.51. The fourth-order valence-corrected chi connectivity index (χ4v) is 3.46. The fraction of sp³-hybridized carbons (Fsp3) is 0.857. The SMILES string of the molecule is C=CC(F)CC1C(O)CCCCC2CCC21. The predicted octanol–water partition coefficient (Wildman–Crippen LogP) is 3.48. The van der Waals surface area contributed by atoms with Crippen molar-refractivity contribution in [3.05, 3.63) is 12.7 Å². The van der Waals surface area contributed by atoms with Gasteiger partial charge in [-0.2, -0.15) is 0 Å². The number of halogens is 1. The zero-order chi connectivity index (χ0) is 11.5. The van der Waals surface area contributed by atoms with Gasteiger partial charge < -0.3 is 5.11 Å². The highest BCUT2D eigenvalue weighted by atomic mass is 19.1. The highest BCUT2D eigenvalue weighted by molar-refractivity contribution is 4.93. The predicted molar refractivity (Wildman–Crippen MR) is 63.9 cm³/mol. The number of allylic oxidation sites excluding steroid dienone is 1. The van der Waals surface area contributed by atoms with Gasteiger partial charge in [-0.05, 0) is 43.4 Å². The van der Waals surface area contributed by atoms with Crippen molar-refractivity contribution in [1.29, 1.82) is 0 Å². The third kappa shape index (κ3) is 2.48. The lowest BCUT2D eigenvalue weighted by Crippen LogP contribution is -2.41. The van der Waals surface area contributed by atoms with E-state index in [0.29, 0.717) is 12.3 Å². The van der Waals surface area contributed by atoms with E-state index in [1.807, 2.05) is 0 Å². The third-order valence-electron chi connectivity index (χ3n) is 4.60. The molecule has 2 fully saturated rings. The molecule has 0 bridgehead atoms. The molecule has 0 saturated heterocycles. The minimum absolute atomic E-state index is 0.173. The van der Waals surface area contributed by atoms with Crippen molar-refractivity contribution in [2.45, 2.75) is 57.2 Å². The first-order valence-electron chi connectivity index (χ1n) is 6.67. The van der Waals surface area contributed by atoms with Crippen LogP contribution in [-0.2, 0) is 0 Å². The minimum Gasteiger partial charge on any atom is -0.393 e. The Balaban J connectivity index is 2.00. The molecule has 0 spiro atoms. The Hall–Kier alpha value is -0.370. The fourth-order valence-electron chi connectivity index (χ4n) is 3.46. The Morgan fingerprint density at radius 2 is 2.00 bits per heavy atom. The van der Waals surface area contributed by atoms with E-state index in [0.717, 1.165) is 18.8 Å². The van der Waals surface area contributed by atoms with E-state index in [1.165, 1.54) is 31.8 Å². The maximum absolute atomic E-state index is 13.4. The Labute approximate surface area is 97.7 Å². The van der Waals surface area contributed by atoms with Crippen LogP contribution in [0.25, 0.3) is 0 Å². The summed E-state index contributed by atoms with van der Waals surface area (Å²) in [4.78, 5) is 0. The van der Waals surface area contributed by atoms with Crippen molar-refractivity contribution in [1.82, 2.24) is 0 Å². The monoisotopic (exact) mass is 226 g/mol. The van der Waals surface area contributed by atoms with Crippen LogP contribution >= 0.6 is 0 Å². The molecule has 2 heteroatoms. The first kappa shape index (κ1) is 12.1. The summed E-state index contributed by atoms with van der Waals surface area (Å²) in [6.45, 7) is 3.50. The van der Waals surface area contributed by atoms with Gasteiger partial charge in [-0.3, -0.25) is 0 Å². The molecule has 0 amide bonds. The van der Waals surface area contributed by atoms with Gasteiger partial charge in [0.25, 0.3) is 0 Å². The van der Waals surface area contributed by atoms with E-state index in [2.05, 4.69) is 6.58 Å². The van der Waals surface area contributed by atoms with Crippen LogP contribution in [0.1, 0.15) is 44.9 Å². The molecule has 2 aliphatic rings. The van der Waals surface area contributed by atoms with Gasteiger partial charge in [0, 0.05) is 0 Å². The van der Waals surface area contributed by atoms with Gasteiger partial charge in [0.1, 0.15) is 6.17 Å². The molecule has 0 aromatic carbocycles. The molecular formula is C14H23FO. The van der Waals surface area contributed by atoms with Gasteiger partial charge in [-0.1, -0.05) is 25.3 Å². The molecule has 2 saturated carbocycles. The van der Waals surface area contributed by atoms with Crippen LogP contribution in [0, 0.1) is 17.8 Å². The van der Waals surface area contributed by atoms with E-state index in [1.54, 1.807) is 0 Å². The molecule has 2 aliphatic carbocycles. The third-order valence-corrected chi connectivity index (χ3v) is 4.60. The largest absolute Gasteiger partial charge is 0.393 e. The quantitative estimate of drug-likeness (QED) is 0.730. The van der Waals surface area contributed by atoms with Gasteiger partial charge in [0.2, 0.25) is 0 Å². The summed E-state index contributed by atoms with van der Waals surface area (Å²) in [5.41, 5.74) is 0. The van der Waals surface area contributed by atoms with Gasteiger partial charge in [0.15, 0.2) is 0 Å². The summed E-state index contributed by atoms with van der Waals surface area (Å²) in [6, 6.07) is 0. The molecular weight excluding hydrogens is 203 g/mol. The smallest absolute Gasteiger partial charge is 0.118 e. The number of alkyl halides is 1. The lowest BCUT2D eigenvalue weighted by atomic mass is 9.61. The van der Waals surface area contributed by atoms with Crippen molar-refractivity contribution in [2.75, 3.05) is 0 Å². The highest BCUT2D eigenvalue weighted by Gasteiger charge is 2.41. The van der Waals surface area contributed by atoms with Crippen LogP contribution < -0.4 is 0 Å². The highest BCUT2D eigenvalue weighted by Crippen LogP contribution is 2.47. The van der Waals surface area contributed by atoms with Crippen LogP contribution in [0.3, 0.4) is 0 Å². The van der Waals surface area contributed by atoms with Crippen LogP contribution in [0.15, 0.2) is 12.7 Å². The van der Waals surface area contributed by atoms with E-state index in [9.17, 15) is 9.50 Å². The molecule has 0 aromatic heterocycles. The number of hydrogen-bond donors (Lipinski definition) is 1. The van der Waals surface area contributed by atoms with Crippen LogP contribution in [0.4, 0.5) is 4.39 Å². The molecule has 92 valence electrons. The standard InChI is InChI=1S/C14H23FO/c1-2-11(15)9-13-12-8-7-10(12)5-3-4-6-14(13)16/h2,10-14,16H,1,3-9H2. The van der Waals surface area contributed by atoms with Crippen molar-refractivity contribution in [3.63, 3.8) is 0 Å². The average molecular weight is 226 g/mol. The number of fused-ring (bicyclic) bond motifs is 1. The second-order valence-electron chi connectivity index (χ2n) is 5.50. The Morgan fingerprint density at radius 1 is 1.25 bits per heavy atom. The molecule has 16 heavy (non-hydrogen) atoms. The van der Waals surface area contributed by atoms with Crippen molar-refractivity contribution in [3.8, 4) is 0 Å². The number of hydrogen-bond acceptors (Lipinski definition) is 1. The minimum atomic E-state index is -0.944. The average Bonchev–Trinajstić information content (AvgIpc) is 2.24. The summed E-state index contributed by atoms with van der Waals surface area (Å²) in [7, 11) is 0. The van der Waals surface area contributed by atoms with Gasteiger partial charge in [0.05, 0.1) is 6.10 Å². The topological polar surface area (TPSA) is 20.2 Å². The van der Waals surface area contributed by atoms with E-state index in [-0.39, 0.29) is 12.0 Å². The zero-order valence-electron chi connectivity index (χ0n) is 9.95. The van der Waals surface area contributed by atoms with E-state index in [4.69, 9.17) is 0 Å². The van der Waals surface area contributed by atoms with E-state index >= 15 is 0 Å². The van der Waals surface area contributed by atoms with Crippen LogP contribution in [0.5, 0.6) is 0 Å². The number of rotatable bonds is 3. The Bertz CT molecular complexity index is 241. The Kier molecular flexibility index (Phi) is 4.01. The lowest BCUT2D eigenvalue weighted by molar-refractivity contribution is -0.0243. The van der Waals surface area contributed by atoms with E-state index < -0.39 is 6.17 Å². The number of aliphatic hydroxyl groups excluding tert-OH is 1. The summed E-state index contributed by atoms with van der Waals surface area (Å²) in [6.07, 6.45) is 7.60. The Morgan fingerprint density at radius 3 is 2.62 bits per heavy atom. The maximum atomic E-state index is 13.4. The first-order chi connectivity index (χ1) is 7.72. The normalized spacial score (nSPS) is 41.1. The first-order valence-corrected chi connectivity index (χ1v) is 6.67. The molecule has 5 atom stereocenters. The molecule has 0 heterocycles. The molecule has 1 nitrogen and oxygen atoms in total. The maximum Gasteiger partial charge on any atom is 0.118 e. The second kappa shape index (κ2) is 5.31. The lowest BCUT2D eigenvalue weighted by Gasteiger charge is -2.45. The van der Waals surface area contributed by atoms with Crippen molar-refractivity contribution in [2.24, 2.45) is 17.8 Å². The zero-order valence-corrected chi connectivity index (χ0v) is 9.95. The summed E-state index contributed by atoms with van der Waals surface area (Å²) in [5, 5.41) is 10.1. The summed E-state index contributed by atoms with van der Waals surface area (Å²) < 4.78 is 13.4. The second-order valence-corrected chi connectivity index (χ2v) is 5.50. The molecule has 0 aromatic rings. The molecule has 5 unspecified atom stereocenters. The molecule has 0 aliphatic heterocycles. The van der Waals surface area contributed by atoms with Gasteiger partial charge >= 0.3 is 0 Å². The van der Waals surface area contributed by atoms with Crippen LogP contribution in [0.2, 0.25) is 0 Å². The molecule has 2 rings (SSSR count). The molecule has 0 radical (unpaired) electrons. The molecule has 1 N–H and O–H groups in total. The van der Waals surface area contributed by atoms with Crippen molar-refractivity contribution >= 4 is 0 Å². The van der Waals surface area contributed by atoms with Crippen LogP contribution in [-0.4, -0.2) is 17.4 Å². The number of aliphatic hydroxyl groups is 1. The van der Waals surface area contributed by atoms with Gasteiger partial charge in [-0.25, -0.2) is 4.39 Å². The van der Waals surface area contributed by atoms with Gasteiger partial charge in [-0.15, -0.1) is 6.58 Å². The van der Waals surface area contributed by atoms with Crippen molar-refractivity contribution < 1.29 is 9.50 Å².